The molecular formula is C22H34N2O3. The summed E-state index contributed by atoms with van der Waals surface area (Å²) in [6.07, 6.45) is 6.00. The van der Waals surface area contributed by atoms with Gasteiger partial charge in [-0.1, -0.05) is 12.1 Å². The lowest BCUT2D eigenvalue weighted by molar-refractivity contribution is -0.148. The number of rotatable bonds is 7. The smallest absolute Gasteiger partial charge is 0.230 e. The predicted octanol–water partition coefficient (Wildman–Crippen LogP) is 3.01. The highest BCUT2D eigenvalue weighted by Crippen LogP contribution is 2.33. The van der Waals surface area contributed by atoms with Crippen molar-refractivity contribution in [1.82, 2.24) is 4.90 Å². The first-order valence-electron chi connectivity index (χ1n) is 10.5. The highest BCUT2D eigenvalue weighted by molar-refractivity contribution is 5.83. The van der Waals surface area contributed by atoms with Gasteiger partial charge in [0.1, 0.15) is 5.75 Å². The molecule has 2 heterocycles. The number of benzene rings is 1. The zero-order valence-electron chi connectivity index (χ0n) is 16.6. The van der Waals surface area contributed by atoms with Gasteiger partial charge in [0, 0.05) is 32.8 Å². The minimum atomic E-state index is -0.382. The van der Waals surface area contributed by atoms with Crippen LogP contribution in [0.5, 0.6) is 5.75 Å². The van der Waals surface area contributed by atoms with E-state index in [1.165, 1.54) is 12.0 Å². The highest BCUT2D eigenvalue weighted by Gasteiger charge is 2.42. The fourth-order valence-corrected chi connectivity index (χ4v) is 4.32. The van der Waals surface area contributed by atoms with Crippen molar-refractivity contribution >= 4 is 5.91 Å². The van der Waals surface area contributed by atoms with Crippen molar-refractivity contribution in [3.8, 4) is 5.75 Å². The fourth-order valence-electron chi connectivity index (χ4n) is 4.32. The van der Waals surface area contributed by atoms with Crippen LogP contribution in [0.1, 0.15) is 44.6 Å². The van der Waals surface area contributed by atoms with Crippen molar-refractivity contribution in [1.29, 1.82) is 0 Å². The average molecular weight is 375 g/mol. The molecule has 0 aliphatic carbocycles. The number of aryl methyl sites for hydroxylation is 1. The Labute approximate surface area is 163 Å². The Balaban J connectivity index is 1.45. The van der Waals surface area contributed by atoms with Crippen LogP contribution in [0.3, 0.4) is 0 Å². The van der Waals surface area contributed by atoms with E-state index in [0.29, 0.717) is 32.3 Å². The summed E-state index contributed by atoms with van der Waals surface area (Å²) in [6, 6.07) is 8.44. The van der Waals surface area contributed by atoms with Gasteiger partial charge in [-0.05, 0) is 69.1 Å². The van der Waals surface area contributed by atoms with Crippen LogP contribution in [0.25, 0.3) is 0 Å². The van der Waals surface area contributed by atoms with Gasteiger partial charge in [0.25, 0.3) is 0 Å². The first kappa shape index (κ1) is 20.2. The normalized spacial score (nSPS) is 20.4. The molecule has 0 unspecified atom stereocenters. The molecule has 0 aromatic heterocycles. The third-order valence-electron chi connectivity index (χ3n) is 6.27. The van der Waals surface area contributed by atoms with Crippen LogP contribution in [-0.2, 0) is 16.0 Å². The summed E-state index contributed by atoms with van der Waals surface area (Å²) in [4.78, 5) is 15.1. The molecule has 1 amide bonds. The van der Waals surface area contributed by atoms with Crippen molar-refractivity contribution in [3.63, 3.8) is 0 Å². The minimum absolute atomic E-state index is 0.262. The number of likely N-dealkylation sites (tertiary alicyclic amines) is 1. The van der Waals surface area contributed by atoms with E-state index in [1.807, 2.05) is 6.92 Å². The van der Waals surface area contributed by atoms with E-state index in [4.69, 9.17) is 15.2 Å². The first-order chi connectivity index (χ1) is 13.2. The second kappa shape index (κ2) is 9.56. The monoisotopic (exact) mass is 374 g/mol. The summed E-state index contributed by atoms with van der Waals surface area (Å²) in [7, 11) is 0. The number of nitrogens with two attached hydrogens (primary N) is 1. The Morgan fingerprint density at radius 2 is 1.89 bits per heavy atom. The van der Waals surface area contributed by atoms with Gasteiger partial charge in [-0.3, -0.25) is 4.79 Å². The van der Waals surface area contributed by atoms with Gasteiger partial charge < -0.3 is 20.1 Å². The lowest BCUT2D eigenvalue weighted by atomic mass is 9.78. The standard InChI is InChI=1S/C22H34N2O3/c1-2-27-20-7-5-18(6-8-20)3-4-19-9-13-24(14-10-19)21(25)22(17-23)11-15-26-16-12-22/h5-8,19H,2-4,9-17,23H2,1H3. The molecular weight excluding hydrogens is 340 g/mol. The topological polar surface area (TPSA) is 64.8 Å². The van der Waals surface area contributed by atoms with Gasteiger partial charge in [-0.15, -0.1) is 0 Å². The summed E-state index contributed by atoms with van der Waals surface area (Å²) in [5.41, 5.74) is 6.98. The molecule has 1 aromatic carbocycles. The lowest BCUT2D eigenvalue weighted by Crippen LogP contribution is -2.52. The molecule has 0 saturated carbocycles. The molecule has 5 heteroatoms. The van der Waals surface area contributed by atoms with Crippen LogP contribution in [0.15, 0.2) is 24.3 Å². The van der Waals surface area contributed by atoms with Crippen molar-refractivity contribution < 1.29 is 14.3 Å². The molecule has 5 nitrogen and oxygen atoms in total. The number of piperidine rings is 1. The molecule has 27 heavy (non-hydrogen) atoms. The number of carbonyl (C=O) groups is 1. The van der Waals surface area contributed by atoms with E-state index < -0.39 is 0 Å². The Morgan fingerprint density at radius 3 is 2.48 bits per heavy atom. The number of carbonyl (C=O) groups excluding carboxylic acids is 1. The van der Waals surface area contributed by atoms with Crippen LogP contribution in [-0.4, -0.2) is 50.3 Å². The molecule has 1 aromatic rings. The third-order valence-corrected chi connectivity index (χ3v) is 6.27. The van der Waals surface area contributed by atoms with Crippen LogP contribution >= 0.6 is 0 Å². The Hall–Kier alpha value is -1.59. The molecule has 2 saturated heterocycles. The van der Waals surface area contributed by atoms with E-state index in [0.717, 1.165) is 50.9 Å². The molecule has 0 bridgehead atoms. The molecule has 150 valence electrons. The average Bonchev–Trinajstić information content (AvgIpc) is 2.74. The Bertz CT molecular complexity index is 588. The summed E-state index contributed by atoms with van der Waals surface area (Å²) in [5.74, 6) is 1.90. The largest absolute Gasteiger partial charge is 0.494 e. The summed E-state index contributed by atoms with van der Waals surface area (Å²) >= 11 is 0. The molecule has 2 aliphatic rings. The maximum absolute atomic E-state index is 13.1. The maximum Gasteiger partial charge on any atom is 0.230 e. The summed E-state index contributed by atoms with van der Waals surface area (Å²) in [5, 5.41) is 0. The van der Waals surface area contributed by atoms with Crippen molar-refractivity contribution in [2.45, 2.75) is 45.4 Å². The van der Waals surface area contributed by atoms with E-state index in [2.05, 4.69) is 29.2 Å². The molecule has 0 atom stereocenters. The molecule has 2 fully saturated rings. The Kier molecular flexibility index (Phi) is 7.13. The molecule has 3 rings (SSSR count). The second-order valence-corrected chi connectivity index (χ2v) is 7.95. The second-order valence-electron chi connectivity index (χ2n) is 7.95. The van der Waals surface area contributed by atoms with Crippen molar-refractivity contribution in [3.05, 3.63) is 29.8 Å². The van der Waals surface area contributed by atoms with Gasteiger partial charge >= 0.3 is 0 Å². The van der Waals surface area contributed by atoms with E-state index in [-0.39, 0.29) is 11.3 Å². The lowest BCUT2D eigenvalue weighted by Gasteiger charge is -2.41. The predicted molar refractivity (Wildman–Crippen MR) is 107 cm³/mol. The van der Waals surface area contributed by atoms with E-state index in [9.17, 15) is 4.79 Å². The van der Waals surface area contributed by atoms with Gasteiger partial charge in [0.2, 0.25) is 5.91 Å². The number of nitrogens with zero attached hydrogens (tertiary/aromatic N) is 1. The minimum Gasteiger partial charge on any atom is -0.494 e. The molecule has 0 spiro atoms. The molecule has 2 N–H and O–H groups in total. The van der Waals surface area contributed by atoms with Gasteiger partial charge in [0.15, 0.2) is 0 Å². The first-order valence-corrected chi connectivity index (χ1v) is 10.5. The van der Waals surface area contributed by atoms with Gasteiger partial charge in [-0.2, -0.15) is 0 Å². The van der Waals surface area contributed by atoms with Crippen LogP contribution in [0, 0.1) is 11.3 Å². The van der Waals surface area contributed by atoms with E-state index >= 15 is 0 Å². The number of hydrogen-bond donors (Lipinski definition) is 1. The molecule has 2 aliphatic heterocycles. The number of amides is 1. The third kappa shape index (κ3) is 5.02. The van der Waals surface area contributed by atoms with Crippen molar-refractivity contribution in [2.75, 3.05) is 39.5 Å². The van der Waals surface area contributed by atoms with Crippen LogP contribution in [0.4, 0.5) is 0 Å². The summed E-state index contributed by atoms with van der Waals surface area (Å²) in [6.45, 7) is 6.19. The Morgan fingerprint density at radius 1 is 1.22 bits per heavy atom. The zero-order valence-corrected chi connectivity index (χ0v) is 16.6. The summed E-state index contributed by atoms with van der Waals surface area (Å²) < 4.78 is 10.9. The van der Waals surface area contributed by atoms with Gasteiger partial charge in [-0.25, -0.2) is 0 Å². The van der Waals surface area contributed by atoms with Crippen LogP contribution in [0.2, 0.25) is 0 Å². The maximum atomic E-state index is 13.1. The number of ether oxygens (including phenoxy) is 2. The fraction of sp³-hybridized carbons (Fsp3) is 0.682. The van der Waals surface area contributed by atoms with Crippen molar-refractivity contribution in [2.24, 2.45) is 17.1 Å². The SMILES string of the molecule is CCOc1ccc(CCC2CCN(C(=O)C3(CN)CCOCC3)CC2)cc1. The van der Waals surface area contributed by atoms with E-state index in [1.54, 1.807) is 0 Å². The number of hydrogen-bond acceptors (Lipinski definition) is 4. The quantitative estimate of drug-likeness (QED) is 0.797. The van der Waals surface area contributed by atoms with Crippen LogP contribution < -0.4 is 10.5 Å². The van der Waals surface area contributed by atoms with Gasteiger partial charge in [0.05, 0.1) is 12.0 Å². The molecule has 0 radical (unpaired) electrons. The highest BCUT2D eigenvalue weighted by atomic mass is 16.5. The zero-order chi connectivity index (χ0) is 19.1.